The second-order valence-electron chi connectivity index (χ2n) is 14.2. The SMILES string of the molecule is N#Cc1ccccc1-c1c2ccccc2c(-c2cccc3c2sc2ccc(-c4c5ccccc5c(-c5ccccc5)c5ccccc45)cc23)c2ccccc12. The van der Waals surface area contributed by atoms with Crippen LogP contribution in [0.3, 0.4) is 0 Å². The smallest absolute Gasteiger partial charge is 0.0998 e. The van der Waals surface area contributed by atoms with E-state index in [1.165, 1.54) is 85.9 Å². The van der Waals surface area contributed by atoms with Crippen LogP contribution in [0.25, 0.3) is 108 Å². The molecule has 0 aliphatic carbocycles. The third kappa shape index (κ3) is 4.77. The molecule has 2 heteroatoms. The van der Waals surface area contributed by atoms with Gasteiger partial charge in [0.1, 0.15) is 0 Å². The fourth-order valence-corrected chi connectivity index (χ4v) is 10.2. The van der Waals surface area contributed by atoms with Gasteiger partial charge in [-0.2, -0.15) is 5.26 Å². The molecule has 1 nitrogen and oxygen atoms in total. The zero-order valence-corrected chi connectivity index (χ0v) is 30.6. The molecule has 0 unspecified atom stereocenters. The number of hydrogen-bond donors (Lipinski definition) is 0. The molecule has 0 bridgehead atoms. The number of fused-ring (bicyclic) bond motifs is 7. The van der Waals surface area contributed by atoms with Crippen LogP contribution in [0, 0.1) is 11.3 Å². The minimum absolute atomic E-state index is 0.684. The molecule has 0 atom stereocenters. The molecule has 11 rings (SSSR count). The van der Waals surface area contributed by atoms with E-state index in [2.05, 4.69) is 176 Å². The minimum Gasteiger partial charge on any atom is -0.192 e. The Morgan fingerprint density at radius 3 is 1.33 bits per heavy atom. The molecule has 0 saturated carbocycles. The van der Waals surface area contributed by atoms with E-state index in [-0.39, 0.29) is 0 Å². The van der Waals surface area contributed by atoms with E-state index in [4.69, 9.17) is 0 Å². The van der Waals surface area contributed by atoms with Gasteiger partial charge in [-0.05, 0) is 94.7 Å². The van der Waals surface area contributed by atoms with Gasteiger partial charge in [0, 0.05) is 31.3 Å². The van der Waals surface area contributed by atoms with Crippen LogP contribution in [0.2, 0.25) is 0 Å². The number of benzene rings is 10. The molecule has 1 aromatic heterocycles. The quantitative estimate of drug-likeness (QED) is 0.167. The molecule has 0 amide bonds. The lowest BCUT2D eigenvalue weighted by Crippen LogP contribution is -1.92. The number of nitrogens with zero attached hydrogens (tertiary/aromatic N) is 1. The van der Waals surface area contributed by atoms with E-state index >= 15 is 0 Å². The Hall–Kier alpha value is -7.05. The van der Waals surface area contributed by atoms with Gasteiger partial charge < -0.3 is 0 Å². The monoisotopic (exact) mass is 713 g/mol. The summed E-state index contributed by atoms with van der Waals surface area (Å²) in [6, 6.07) is 70.3. The largest absolute Gasteiger partial charge is 0.192 e. The van der Waals surface area contributed by atoms with Crippen LogP contribution in [0.4, 0.5) is 0 Å². The molecule has 55 heavy (non-hydrogen) atoms. The van der Waals surface area contributed by atoms with Crippen LogP contribution >= 0.6 is 11.3 Å². The fourth-order valence-electron chi connectivity index (χ4n) is 9.01. The van der Waals surface area contributed by atoms with Gasteiger partial charge in [-0.1, -0.05) is 170 Å². The van der Waals surface area contributed by atoms with Crippen molar-refractivity contribution >= 4 is 74.6 Å². The van der Waals surface area contributed by atoms with Gasteiger partial charge >= 0.3 is 0 Å². The molecule has 0 fully saturated rings. The molecule has 0 aliphatic rings. The van der Waals surface area contributed by atoms with Crippen LogP contribution in [-0.2, 0) is 0 Å². The van der Waals surface area contributed by atoms with Crippen molar-refractivity contribution in [2.24, 2.45) is 0 Å². The number of rotatable bonds is 4. The third-order valence-electron chi connectivity index (χ3n) is 11.3. The lowest BCUT2D eigenvalue weighted by Gasteiger charge is -2.18. The van der Waals surface area contributed by atoms with E-state index in [0.29, 0.717) is 5.56 Å². The molecule has 0 aliphatic heterocycles. The maximum atomic E-state index is 10.2. The summed E-state index contributed by atoms with van der Waals surface area (Å²) >= 11 is 1.87. The van der Waals surface area contributed by atoms with Gasteiger partial charge in [-0.3, -0.25) is 0 Å². The first-order valence-corrected chi connectivity index (χ1v) is 19.5. The number of nitriles is 1. The second kappa shape index (κ2) is 12.5. The highest BCUT2D eigenvalue weighted by molar-refractivity contribution is 7.26. The highest BCUT2D eigenvalue weighted by Gasteiger charge is 2.22. The van der Waals surface area contributed by atoms with Crippen molar-refractivity contribution in [3.05, 3.63) is 194 Å². The second-order valence-corrected chi connectivity index (χ2v) is 15.3. The van der Waals surface area contributed by atoms with Crippen molar-refractivity contribution in [1.82, 2.24) is 0 Å². The van der Waals surface area contributed by atoms with Gasteiger partial charge in [-0.25, -0.2) is 0 Å². The molecule has 10 aromatic carbocycles. The fraction of sp³-hybridized carbons (Fsp3) is 0. The standard InChI is InChI=1S/C53H31NS/c54-32-35-17-4-5-18-36(35)51-41-23-10-12-25-43(41)52(44-26-13-11-24-42(44)51)46-28-14-27-45-47-31-34(29-30-48(47)55-53(45)46)50-39-21-8-6-19-37(39)49(33-15-2-1-3-16-33)38-20-7-9-22-40(38)50/h1-31H. The summed E-state index contributed by atoms with van der Waals surface area (Å²) in [5, 5.41) is 22.4. The van der Waals surface area contributed by atoms with Gasteiger partial charge in [0.15, 0.2) is 0 Å². The van der Waals surface area contributed by atoms with Crippen LogP contribution in [0.1, 0.15) is 5.56 Å². The molecular weight excluding hydrogens is 683 g/mol. The first-order chi connectivity index (χ1) is 27.3. The normalized spacial score (nSPS) is 11.6. The summed E-state index contributed by atoms with van der Waals surface area (Å²) in [7, 11) is 0. The Bertz CT molecular complexity index is 3270. The van der Waals surface area contributed by atoms with Gasteiger partial charge in [0.25, 0.3) is 0 Å². The van der Waals surface area contributed by atoms with Crippen molar-refractivity contribution in [3.63, 3.8) is 0 Å². The van der Waals surface area contributed by atoms with Gasteiger partial charge in [0.2, 0.25) is 0 Å². The molecule has 0 radical (unpaired) electrons. The zero-order chi connectivity index (χ0) is 36.5. The van der Waals surface area contributed by atoms with Crippen molar-refractivity contribution in [1.29, 1.82) is 5.26 Å². The predicted molar refractivity (Wildman–Crippen MR) is 236 cm³/mol. The van der Waals surface area contributed by atoms with E-state index in [9.17, 15) is 5.26 Å². The maximum absolute atomic E-state index is 10.2. The van der Waals surface area contributed by atoms with Crippen molar-refractivity contribution in [3.8, 4) is 50.6 Å². The van der Waals surface area contributed by atoms with Crippen molar-refractivity contribution < 1.29 is 0 Å². The summed E-state index contributed by atoms with van der Waals surface area (Å²) in [5.41, 5.74) is 10.2. The Kier molecular flexibility index (Phi) is 7.17. The van der Waals surface area contributed by atoms with Gasteiger partial charge in [0.05, 0.1) is 11.6 Å². The maximum Gasteiger partial charge on any atom is 0.0998 e. The molecule has 0 spiro atoms. The highest BCUT2D eigenvalue weighted by Crippen LogP contribution is 2.50. The minimum atomic E-state index is 0.684. The summed E-state index contributed by atoms with van der Waals surface area (Å²) in [6.45, 7) is 0. The molecule has 0 N–H and O–H groups in total. The van der Waals surface area contributed by atoms with Crippen LogP contribution in [-0.4, -0.2) is 0 Å². The Balaban J connectivity index is 1.18. The Morgan fingerprint density at radius 2 is 0.764 bits per heavy atom. The molecule has 11 aromatic rings. The molecular formula is C53H31NS. The summed E-state index contributed by atoms with van der Waals surface area (Å²) < 4.78 is 2.55. The Morgan fingerprint density at radius 1 is 0.327 bits per heavy atom. The van der Waals surface area contributed by atoms with Crippen LogP contribution in [0.5, 0.6) is 0 Å². The summed E-state index contributed by atoms with van der Waals surface area (Å²) in [5.74, 6) is 0. The number of hydrogen-bond acceptors (Lipinski definition) is 2. The van der Waals surface area contributed by atoms with E-state index in [1.807, 2.05) is 29.5 Å². The van der Waals surface area contributed by atoms with E-state index in [0.717, 1.165) is 21.9 Å². The zero-order valence-electron chi connectivity index (χ0n) is 29.8. The summed E-state index contributed by atoms with van der Waals surface area (Å²) in [4.78, 5) is 0. The molecule has 1 heterocycles. The average molecular weight is 714 g/mol. The average Bonchev–Trinajstić information content (AvgIpc) is 3.63. The van der Waals surface area contributed by atoms with Crippen LogP contribution < -0.4 is 0 Å². The topological polar surface area (TPSA) is 23.8 Å². The molecule has 0 saturated heterocycles. The van der Waals surface area contributed by atoms with Crippen molar-refractivity contribution in [2.75, 3.05) is 0 Å². The lowest BCUT2D eigenvalue weighted by molar-refractivity contribution is 1.48. The van der Waals surface area contributed by atoms with Crippen LogP contribution in [0.15, 0.2) is 188 Å². The van der Waals surface area contributed by atoms with Crippen molar-refractivity contribution in [2.45, 2.75) is 0 Å². The van der Waals surface area contributed by atoms with E-state index in [1.54, 1.807) is 0 Å². The predicted octanol–water partition coefficient (Wildman–Crippen LogP) is 15.2. The summed E-state index contributed by atoms with van der Waals surface area (Å²) in [6.07, 6.45) is 0. The highest BCUT2D eigenvalue weighted by atomic mass is 32.1. The first kappa shape index (κ1) is 31.5. The van der Waals surface area contributed by atoms with E-state index < -0.39 is 0 Å². The molecule has 254 valence electrons. The first-order valence-electron chi connectivity index (χ1n) is 18.7. The lowest BCUT2D eigenvalue weighted by atomic mass is 9.84. The Labute approximate surface area is 322 Å². The third-order valence-corrected chi connectivity index (χ3v) is 12.5. The number of thiophene rings is 1. The van der Waals surface area contributed by atoms with Gasteiger partial charge in [-0.15, -0.1) is 11.3 Å².